The molecule has 0 N–H and O–H groups in total. The fourth-order valence-electron chi connectivity index (χ4n) is 3.68. The largest absolute Gasteiger partial charge is 0.475 e. The third kappa shape index (κ3) is 1.15. The maximum absolute atomic E-state index is 12.1. The van der Waals surface area contributed by atoms with E-state index in [1.54, 1.807) is 0 Å². The molecule has 3 heteroatoms. The minimum absolute atomic E-state index is 0.0162. The third-order valence-electron chi connectivity index (χ3n) is 4.97. The van der Waals surface area contributed by atoms with Gasteiger partial charge in [-0.05, 0) is 24.2 Å². The number of Topliss-reactive ketones (excluding diaryl/α,β-unsaturated/α-hetero) is 1. The highest BCUT2D eigenvalue weighted by molar-refractivity contribution is 5.89. The molecule has 2 aliphatic rings. The van der Waals surface area contributed by atoms with Gasteiger partial charge in [0, 0.05) is 6.42 Å². The van der Waals surface area contributed by atoms with Gasteiger partial charge in [0.15, 0.2) is 0 Å². The lowest BCUT2D eigenvalue weighted by molar-refractivity contribution is -0.129. The van der Waals surface area contributed by atoms with E-state index in [-0.39, 0.29) is 10.8 Å². The van der Waals surface area contributed by atoms with Gasteiger partial charge in [-0.2, -0.15) is 0 Å². The summed E-state index contributed by atoms with van der Waals surface area (Å²) in [6.07, 6.45) is 2.41. The predicted molar refractivity (Wildman–Crippen MR) is 60.2 cm³/mol. The van der Waals surface area contributed by atoms with Gasteiger partial charge in [0.25, 0.3) is 0 Å². The van der Waals surface area contributed by atoms with Crippen LogP contribution in [-0.2, 0) is 4.79 Å². The molecule has 84 valence electrons. The Morgan fingerprint density at radius 3 is 2.44 bits per heavy atom. The average molecular weight is 216 g/mol. The number of carbonyl (C=O) groups excluding carboxylic acids is 1. The maximum atomic E-state index is 12.1. The Morgan fingerprint density at radius 1 is 1.44 bits per heavy atom. The molecule has 0 amide bonds. The standard InChI is InChI=1S/C13H16N2O/c1-12(2)9-5-6-13(12,10(16)7-9)8-11(14-3)15-4/h9,11H,5-8H2,1-2H3. The van der Waals surface area contributed by atoms with Gasteiger partial charge in [0.2, 0.25) is 0 Å². The SMILES string of the molecule is [C-]#[N+]C(CC12CCC(CC1=O)C2(C)C)[N+]#[C-]. The van der Waals surface area contributed by atoms with Crippen LogP contribution >= 0.6 is 0 Å². The van der Waals surface area contributed by atoms with Crippen molar-refractivity contribution in [3.05, 3.63) is 22.8 Å². The number of ketones is 1. The molecule has 0 aromatic heterocycles. The van der Waals surface area contributed by atoms with Gasteiger partial charge in [-0.15, -0.1) is 0 Å². The smallest absolute Gasteiger partial charge is 0.299 e. The lowest BCUT2D eigenvalue weighted by Gasteiger charge is -2.34. The first-order valence-electron chi connectivity index (χ1n) is 5.74. The van der Waals surface area contributed by atoms with Gasteiger partial charge in [0.05, 0.1) is 5.41 Å². The van der Waals surface area contributed by atoms with E-state index in [1.807, 2.05) is 0 Å². The number of hydrogen-bond acceptors (Lipinski definition) is 1. The molecule has 0 aromatic carbocycles. The summed E-state index contributed by atoms with van der Waals surface area (Å²) in [6, 6.07) is 0. The fourth-order valence-corrected chi connectivity index (χ4v) is 3.68. The van der Waals surface area contributed by atoms with E-state index in [9.17, 15) is 4.79 Å². The monoisotopic (exact) mass is 216 g/mol. The molecule has 0 aliphatic heterocycles. The van der Waals surface area contributed by atoms with E-state index in [1.165, 1.54) is 0 Å². The second kappa shape index (κ2) is 3.32. The second-order valence-corrected chi connectivity index (χ2v) is 5.61. The van der Waals surface area contributed by atoms with Gasteiger partial charge in [-0.1, -0.05) is 13.8 Å². The lowest BCUT2D eigenvalue weighted by Crippen LogP contribution is -2.38. The van der Waals surface area contributed by atoms with Gasteiger partial charge < -0.3 is 0 Å². The first-order valence-corrected chi connectivity index (χ1v) is 5.74. The highest BCUT2D eigenvalue weighted by Gasteiger charge is 2.66. The molecule has 0 saturated heterocycles. The molecule has 2 fully saturated rings. The number of nitrogens with zero attached hydrogens (tertiary/aromatic N) is 2. The van der Waals surface area contributed by atoms with Crippen LogP contribution < -0.4 is 0 Å². The molecule has 2 aliphatic carbocycles. The molecule has 2 unspecified atom stereocenters. The Labute approximate surface area is 96.5 Å². The van der Waals surface area contributed by atoms with Crippen molar-refractivity contribution < 1.29 is 4.79 Å². The number of carbonyl (C=O) groups is 1. The van der Waals surface area contributed by atoms with Crippen LogP contribution in [0.15, 0.2) is 0 Å². The van der Waals surface area contributed by atoms with Gasteiger partial charge in [0.1, 0.15) is 12.2 Å². The minimum Gasteiger partial charge on any atom is -0.299 e. The van der Waals surface area contributed by atoms with Crippen molar-refractivity contribution in [2.45, 2.75) is 45.7 Å². The first-order chi connectivity index (χ1) is 7.48. The summed E-state index contributed by atoms with van der Waals surface area (Å²) < 4.78 is 0. The van der Waals surface area contributed by atoms with Crippen LogP contribution in [0.2, 0.25) is 0 Å². The molecule has 3 nitrogen and oxygen atoms in total. The third-order valence-corrected chi connectivity index (χ3v) is 4.97. The van der Waals surface area contributed by atoms with Crippen LogP contribution in [0.1, 0.15) is 39.5 Å². The molecule has 0 heterocycles. The summed E-state index contributed by atoms with van der Waals surface area (Å²) >= 11 is 0. The molecule has 0 aromatic rings. The lowest BCUT2D eigenvalue weighted by atomic mass is 9.66. The van der Waals surface area contributed by atoms with E-state index in [0.717, 1.165) is 12.8 Å². The van der Waals surface area contributed by atoms with Crippen molar-refractivity contribution in [2.75, 3.05) is 0 Å². The summed E-state index contributed by atoms with van der Waals surface area (Å²) in [4.78, 5) is 18.8. The molecule has 2 saturated carbocycles. The van der Waals surface area contributed by atoms with Crippen LogP contribution in [0.3, 0.4) is 0 Å². The topological polar surface area (TPSA) is 25.8 Å². The molecule has 2 rings (SSSR count). The second-order valence-electron chi connectivity index (χ2n) is 5.61. The maximum Gasteiger partial charge on any atom is 0.475 e. The number of rotatable bonds is 2. The zero-order valence-corrected chi connectivity index (χ0v) is 9.79. The molecular weight excluding hydrogens is 200 g/mol. The van der Waals surface area contributed by atoms with Crippen LogP contribution in [0.25, 0.3) is 9.69 Å². The Balaban J connectivity index is 2.34. The molecule has 2 bridgehead atoms. The van der Waals surface area contributed by atoms with Crippen molar-refractivity contribution >= 4 is 5.78 Å². The zero-order valence-electron chi connectivity index (χ0n) is 9.79. The Morgan fingerprint density at radius 2 is 2.06 bits per heavy atom. The van der Waals surface area contributed by atoms with Crippen LogP contribution in [0.5, 0.6) is 0 Å². The fraction of sp³-hybridized carbons (Fsp3) is 0.769. The zero-order chi connectivity index (χ0) is 12.0. The summed E-state index contributed by atoms with van der Waals surface area (Å²) in [6.45, 7) is 18.3. The predicted octanol–water partition coefficient (Wildman–Crippen LogP) is 2.94. The van der Waals surface area contributed by atoms with E-state index >= 15 is 0 Å². The summed E-state index contributed by atoms with van der Waals surface area (Å²) in [5.41, 5.74) is -0.394. The van der Waals surface area contributed by atoms with Gasteiger partial charge >= 0.3 is 6.17 Å². The first kappa shape index (κ1) is 11.1. The number of fused-ring (bicyclic) bond motifs is 2. The van der Waals surface area contributed by atoms with E-state index in [4.69, 9.17) is 13.1 Å². The summed E-state index contributed by atoms with van der Waals surface area (Å²) in [7, 11) is 0. The molecule has 0 radical (unpaired) electrons. The average Bonchev–Trinajstić information content (AvgIpc) is 2.59. The molecule has 16 heavy (non-hydrogen) atoms. The van der Waals surface area contributed by atoms with Crippen molar-refractivity contribution in [3.8, 4) is 0 Å². The van der Waals surface area contributed by atoms with E-state index in [0.29, 0.717) is 24.5 Å². The highest BCUT2D eigenvalue weighted by Crippen LogP contribution is 2.65. The Bertz CT molecular complexity index is 399. The van der Waals surface area contributed by atoms with Crippen molar-refractivity contribution in [1.82, 2.24) is 0 Å². The normalized spacial score (nSPS) is 35.1. The molecule has 0 spiro atoms. The number of hydrogen-bond donors (Lipinski definition) is 0. The quantitative estimate of drug-likeness (QED) is 0.652. The van der Waals surface area contributed by atoms with Gasteiger partial charge in [-0.3, -0.25) is 4.79 Å². The van der Waals surface area contributed by atoms with E-state index < -0.39 is 6.17 Å². The molecular formula is C13H16N2O. The molecule has 2 atom stereocenters. The Kier molecular flexibility index (Phi) is 2.31. The van der Waals surface area contributed by atoms with Crippen LogP contribution in [-0.4, -0.2) is 11.9 Å². The van der Waals surface area contributed by atoms with Crippen LogP contribution in [0, 0.1) is 29.9 Å². The minimum atomic E-state index is -0.667. The highest BCUT2D eigenvalue weighted by atomic mass is 16.1. The van der Waals surface area contributed by atoms with Crippen molar-refractivity contribution in [3.63, 3.8) is 0 Å². The summed E-state index contributed by atoms with van der Waals surface area (Å²) in [5.74, 6) is 0.767. The Hall–Kier alpha value is -1.35. The van der Waals surface area contributed by atoms with E-state index in [2.05, 4.69) is 23.5 Å². The van der Waals surface area contributed by atoms with Crippen LogP contribution in [0.4, 0.5) is 0 Å². The van der Waals surface area contributed by atoms with Crippen molar-refractivity contribution in [2.24, 2.45) is 16.7 Å². The summed E-state index contributed by atoms with van der Waals surface area (Å²) in [5, 5.41) is 0. The van der Waals surface area contributed by atoms with Crippen molar-refractivity contribution in [1.29, 1.82) is 0 Å². The van der Waals surface area contributed by atoms with Gasteiger partial charge in [-0.25, -0.2) is 22.8 Å².